The van der Waals surface area contributed by atoms with Crippen molar-refractivity contribution in [3.63, 3.8) is 0 Å². The van der Waals surface area contributed by atoms with Gasteiger partial charge < -0.3 is 9.64 Å². The summed E-state index contributed by atoms with van der Waals surface area (Å²) in [6, 6.07) is 9.04. The molecule has 1 aromatic heterocycles. The topological polar surface area (TPSA) is 67.7 Å². The van der Waals surface area contributed by atoms with Crippen LogP contribution in [0.1, 0.15) is 16.8 Å². The molecule has 1 amide bonds. The Balaban J connectivity index is 1.39. The highest BCUT2D eigenvalue weighted by Crippen LogP contribution is 2.27. The van der Waals surface area contributed by atoms with Gasteiger partial charge >= 0.3 is 12.1 Å². The molecule has 0 saturated carbocycles. The number of hydrogen-bond acceptors (Lipinski definition) is 5. The molecule has 1 aliphatic heterocycles. The number of piperazine rings is 1. The first-order valence-corrected chi connectivity index (χ1v) is 9.52. The second-order valence-electron chi connectivity index (χ2n) is 7.20. The summed E-state index contributed by atoms with van der Waals surface area (Å²) < 4.78 is 43.3. The molecule has 0 aliphatic carbocycles. The van der Waals surface area contributed by atoms with E-state index in [9.17, 15) is 22.8 Å². The van der Waals surface area contributed by atoms with E-state index in [2.05, 4.69) is 22.1 Å². The van der Waals surface area contributed by atoms with E-state index in [1.54, 1.807) is 4.90 Å². The molecule has 1 saturated heterocycles. The van der Waals surface area contributed by atoms with E-state index in [4.69, 9.17) is 4.74 Å². The number of carbonyl (C=O) groups is 2. The van der Waals surface area contributed by atoms with Gasteiger partial charge in [-0.25, -0.2) is 0 Å². The van der Waals surface area contributed by atoms with E-state index in [0.29, 0.717) is 26.2 Å². The molecule has 2 heterocycles. The maximum absolute atomic E-state index is 12.5. The molecule has 10 heteroatoms. The average Bonchev–Trinajstić information content (AvgIpc) is 3.16. The minimum absolute atomic E-state index is 0.324. The molecule has 0 spiro atoms. The summed E-state index contributed by atoms with van der Waals surface area (Å²) in [7, 11) is 0. The van der Waals surface area contributed by atoms with Gasteiger partial charge in [0.25, 0.3) is 5.91 Å². The van der Waals surface area contributed by atoms with E-state index in [1.807, 2.05) is 19.1 Å². The van der Waals surface area contributed by atoms with Gasteiger partial charge in [-0.3, -0.25) is 19.2 Å². The highest BCUT2D eigenvalue weighted by Gasteiger charge is 2.33. The van der Waals surface area contributed by atoms with Crippen molar-refractivity contribution in [3.05, 3.63) is 53.3 Å². The third-order valence-corrected chi connectivity index (χ3v) is 4.79. The molecule has 1 fully saturated rings. The molecule has 0 radical (unpaired) electrons. The van der Waals surface area contributed by atoms with Crippen molar-refractivity contribution < 1.29 is 27.5 Å². The number of esters is 1. The van der Waals surface area contributed by atoms with Crippen molar-refractivity contribution in [2.24, 2.45) is 0 Å². The third-order valence-electron chi connectivity index (χ3n) is 4.79. The van der Waals surface area contributed by atoms with Crippen LogP contribution in [0.2, 0.25) is 0 Å². The number of hydrogen-bond donors (Lipinski definition) is 0. The third kappa shape index (κ3) is 6.06. The van der Waals surface area contributed by atoms with Crippen LogP contribution in [0.5, 0.6) is 0 Å². The number of rotatable bonds is 6. The smallest absolute Gasteiger partial charge is 0.435 e. The lowest BCUT2D eigenvalue weighted by molar-refractivity contribution is -0.153. The molecule has 0 atom stereocenters. The van der Waals surface area contributed by atoms with Gasteiger partial charge in [-0.15, -0.1) is 0 Å². The highest BCUT2D eigenvalue weighted by molar-refractivity contribution is 5.80. The van der Waals surface area contributed by atoms with Crippen molar-refractivity contribution in [3.8, 4) is 0 Å². The molecular formula is C20H23F3N4O3. The Morgan fingerprint density at radius 1 is 1.13 bits per heavy atom. The normalized spacial score (nSPS) is 15.3. The van der Waals surface area contributed by atoms with Crippen LogP contribution in [0.4, 0.5) is 13.2 Å². The van der Waals surface area contributed by atoms with Crippen LogP contribution in [0.3, 0.4) is 0 Å². The van der Waals surface area contributed by atoms with Gasteiger partial charge in [0.2, 0.25) is 0 Å². The minimum Gasteiger partial charge on any atom is -0.454 e. The molecule has 1 aliphatic rings. The van der Waals surface area contributed by atoms with Crippen LogP contribution in [-0.2, 0) is 33.6 Å². The highest BCUT2D eigenvalue weighted by atomic mass is 19.4. The monoisotopic (exact) mass is 424 g/mol. The molecular weight excluding hydrogens is 401 g/mol. The Kier molecular flexibility index (Phi) is 6.76. The Bertz CT molecular complexity index is 889. The summed E-state index contributed by atoms with van der Waals surface area (Å²) in [5, 5.41) is 3.28. The summed E-state index contributed by atoms with van der Waals surface area (Å²) >= 11 is 0. The molecule has 162 valence electrons. The number of carbonyl (C=O) groups excluding carboxylic acids is 2. The lowest BCUT2D eigenvalue weighted by atomic mass is 10.1. The van der Waals surface area contributed by atoms with Crippen LogP contribution >= 0.6 is 0 Å². The van der Waals surface area contributed by atoms with Gasteiger partial charge in [0.15, 0.2) is 12.3 Å². The zero-order valence-electron chi connectivity index (χ0n) is 16.6. The number of alkyl halides is 3. The van der Waals surface area contributed by atoms with E-state index in [1.165, 1.54) is 11.1 Å². The second-order valence-corrected chi connectivity index (χ2v) is 7.20. The molecule has 30 heavy (non-hydrogen) atoms. The Morgan fingerprint density at radius 3 is 2.50 bits per heavy atom. The molecule has 0 unspecified atom stereocenters. The molecule has 3 rings (SSSR count). The van der Waals surface area contributed by atoms with E-state index >= 15 is 0 Å². The number of aryl methyl sites for hydroxylation is 1. The van der Waals surface area contributed by atoms with Crippen molar-refractivity contribution >= 4 is 11.9 Å². The molecule has 0 N–H and O–H groups in total. The summed E-state index contributed by atoms with van der Waals surface area (Å²) in [5.74, 6) is -1.15. The summed E-state index contributed by atoms with van der Waals surface area (Å²) in [6.45, 7) is 4.39. The van der Waals surface area contributed by atoms with Crippen LogP contribution in [0, 0.1) is 6.92 Å². The first kappa shape index (κ1) is 21.8. The molecule has 2 aromatic rings. The van der Waals surface area contributed by atoms with Crippen molar-refractivity contribution in [1.29, 1.82) is 0 Å². The maximum Gasteiger partial charge on any atom is 0.435 e. The van der Waals surface area contributed by atoms with Crippen molar-refractivity contribution in [1.82, 2.24) is 19.6 Å². The Labute approximate surface area is 172 Å². The Morgan fingerprint density at radius 2 is 1.87 bits per heavy atom. The molecule has 1 aromatic carbocycles. The first-order valence-electron chi connectivity index (χ1n) is 9.52. The fraction of sp³-hybridized carbons (Fsp3) is 0.450. The zero-order valence-corrected chi connectivity index (χ0v) is 16.6. The predicted molar refractivity (Wildman–Crippen MR) is 101 cm³/mol. The van der Waals surface area contributed by atoms with Gasteiger partial charge in [0, 0.05) is 38.9 Å². The number of aromatic nitrogens is 2. The molecule has 0 bridgehead atoms. The fourth-order valence-electron chi connectivity index (χ4n) is 3.24. The van der Waals surface area contributed by atoms with Gasteiger partial charge in [-0.05, 0) is 18.6 Å². The molecule has 7 nitrogen and oxygen atoms in total. The zero-order chi connectivity index (χ0) is 21.7. The summed E-state index contributed by atoms with van der Waals surface area (Å²) in [4.78, 5) is 27.9. The predicted octanol–water partition coefficient (Wildman–Crippen LogP) is 2.10. The lowest BCUT2D eigenvalue weighted by Crippen LogP contribution is -2.49. The number of halogens is 3. The number of benzene rings is 1. The second kappa shape index (κ2) is 9.29. The van der Waals surface area contributed by atoms with Gasteiger partial charge in [-0.1, -0.05) is 29.8 Å². The number of nitrogens with zero attached hydrogens (tertiary/aromatic N) is 4. The quantitative estimate of drug-likeness (QED) is 0.665. The Hall–Kier alpha value is -2.88. The van der Waals surface area contributed by atoms with E-state index in [0.717, 1.165) is 23.5 Å². The number of ether oxygens (including phenoxy) is 1. The average molecular weight is 424 g/mol. The SMILES string of the molecule is Cc1cccc(CN2CCN(C(=O)COC(=O)Cn3ccc(C(F)(F)F)n3)CC2)c1. The van der Waals surface area contributed by atoms with Crippen LogP contribution in [-0.4, -0.2) is 64.2 Å². The van der Waals surface area contributed by atoms with Crippen LogP contribution < -0.4 is 0 Å². The summed E-state index contributed by atoms with van der Waals surface area (Å²) in [5.41, 5.74) is 1.33. The van der Waals surface area contributed by atoms with E-state index in [-0.39, 0.29) is 5.91 Å². The summed E-state index contributed by atoms with van der Waals surface area (Å²) in [6.07, 6.45) is -3.54. The number of amides is 1. The van der Waals surface area contributed by atoms with Crippen molar-refractivity contribution in [2.45, 2.75) is 26.2 Å². The van der Waals surface area contributed by atoms with Crippen LogP contribution in [0.25, 0.3) is 0 Å². The van der Waals surface area contributed by atoms with Gasteiger partial charge in [0.05, 0.1) is 0 Å². The largest absolute Gasteiger partial charge is 0.454 e. The standard InChI is InChI=1S/C20H23F3N4O3/c1-15-3-2-4-16(11-15)12-25-7-9-26(10-8-25)18(28)14-30-19(29)13-27-6-5-17(24-27)20(21,22)23/h2-6,11H,7-10,12-14H2,1H3. The van der Waals surface area contributed by atoms with E-state index < -0.39 is 31.0 Å². The minimum atomic E-state index is -4.58. The van der Waals surface area contributed by atoms with Crippen LogP contribution in [0.15, 0.2) is 36.5 Å². The first-order chi connectivity index (χ1) is 14.2. The van der Waals surface area contributed by atoms with Gasteiger partial charge in [0.1, 0.15) is 6.54 Å². The maximum atomic E-state index is 12.5. The van der Waals surface area contributed by atoms with Gasteiger partial charge in [-0.2, -0.15) is 18.3 Å². The lowest BCUT2D eigenvalue weighted by Gasteiger charge is -2.34. The van der Waals surface area contributed by atoms with Crippen molar-refractivity contribution in [2.75, 3.05) is 32.8 Å². The fourth-order valence-corrected chi connectivity index (χ4v) is 3.24.